The Morgan fingerprint density at radius 3 is 2.89 bits per heavy atom. The summed E-state index contributed by atoms with van der Waals surface area (Å²) in [5.41, 5.74) is 1.35. The molecule has 3 heteroatoms. The van der Waals surface area contributed by atoms with Crippen molar-refractivity contribution in [1.29, 1.82) is 0 Å². The van der Waals surface area contributed by atoms with Gasteiger partial charge in [0.25, 0.3) is 0 Å². The second-order valence-corrected chi connectivity index (χ2v) is 5.51. The van der Waals surface area contributed by atoms with Gasteiger partial charge in [0, 0.05) is 31.1 Å². The average molecular weight is 248 g/mol. The summed E-state index contributed by atoms with van der Waals surface area (Å²) in [5, 5.41) is 3.72. The number of aromatic nitrogens is 1. The van der Waals surface area contributed by atoms with Crippen LogP contribution in [0.4, 0.5) is 0 Å². The quantitative estimate of drug-likeness (QED) is 0.889. The van der Waals surface area contributed by atoms with Crippen LogP contribution < -0.4 is 5.32 Å². The molecule has 0 radical (unpaired) electrons. The predicted octanol–water partition coefficient (Wildman–Crippen LogP) is 3.08. The maximum atomic E-state index is 5.88. The third kappa shape index (κ3) is 3.30. The van der Waals surface area contributed by atoms with Gasteiger partial charge in [0.15, 0.2) is 0 Å². The van der Waals surface area contributed by atoms with Crippen LogP contribution in [-0.4, -0.2) is 23.2 Å². The van der Waals surface area contributed by atoms with E-state index < -0.39 is 0 Å². The fraction of sp³-hybridized carbons (Fsp3) is 0.667. The first-order chi connectivity index (χ1) is 8.63. The molecule has 0 aromatic carbocycles. The minimum Gasteiger partial charge on any atom is -0.375 e. The van der Waals surface area contributed by atoms with Crippen molar-refractivity contribution in [3.8, 4) is 0 Å². The Bertz CT molecular complexity index is 368. The minimum absolute atomic E-state index is 0.0495. The SMILES string of the molecule is CCC1(C)CC(N[C@@H](C)c2ccncc2)CCO1. The molecule has 18 heavy (non-hydrogen) atoms. The van der Waals surface area contributed by atoms with E-state index in [1.807, 2.05) is 12.4 Å². The van der Waals surface area contributed by atoms with Crippen LogP contribution in [0.5, 0.6) is 0 Å². The molecule has 0 amide bonds. The third-order valence-corrected chi connectivity index (χ3v) is 4.03. The van der Waals surface area contributed by atoms with Gasteiger partial charge in [-0.15, -0.1) is 0 Å². The highest BCUT2D eigenvalue weighted by Crippen LogP contribution is 2.28. The van der Waals surface area contributed by atoms with Gasteiger partial charge in [0.05, 0.1) is 5.60 Å². The summed E-state index contributed by atoms with van der Waals surface area (Å²) in [5.74, 6) is 0. The molecule has 1 aliphatic rings. The van der Waals surface area contributed by atoms with Crippen LogP contribution in [0, 0.1) is 0 Å². The summed E-state index contributed by atoms with van der Waals surface area (Å²) in [6.07, 6.45) is 6.99. The first kappa shape index (κ1) is 13.5. The number of nitrogens with zero attached hydrogens (tertiary/aromatic N) is 1. The molecule has 1 N–H and O–H groups in total. The van der Waals surface area contributed by atoms with E-state index in [9.17, 15) is 0 Å². The van der Waals surface area contributed by atoms with Crippen molar-refractivity contribution >= 4 is 0 Å². The summed E-state index contributed by atoms with van der Waals surface area (Å²) in [4.78, 5) is 4.06. The van der Waals surface area contributed by atoms with Crippen molar-refractivity contribution in [3.63, 3.8) is 0 Å². The topological polar surface area (TPSA) is 34.2 Å². The van der Waals surface area contributed by atoms with Gasteiger partial charge in [0.1, 0.15) is 0 Å². The van der Waals surface area contributed by atoms with Crippen LogP contribution in [0.2, 0.25) is 0 Å². The molecule has 0 aliphatic carbocycles. The molecule has 1 saturated heterocycles. The van der Waals surface area contributed by atoms with Crippen molar-refractivity contribution < 1.29 is 4.74 Å². The molecule has 2 unspecified atom stereocenters. The Balaban J connectivity index is 1.93. The van der Waals surface area contributed by atoms with E-state index in [0.29, 0.717) is 12.1 Å². The van der Waals surface area contributed by atoms with E-state index >= 15 is 0 Å². The van der Waals surface area contributed by atoms with Gasteiger partial charge in [-0.05, 0) is 50.8 Å². The molecular weight excluding hydrogens is 224 g/mol. The lowest BCUT2D eigenvalue weighted by atomic mass is 9.89. The number of nitrogens with one attached hydrogen (secondary N) is 1. The molecule has 2 rings (SSSR count). The Morgan fingerprint density at radius 1 is 1.50 bits per heavy atom. The summed E-state index contributed by atoms with van der Waals surface area (Å²) in [6, 6.07) is 5.08. The number of pyridine rings is 1. The highest BCUT2D eigenvalue weighted by atomic mass is 16.5. The van der Waals surface area contributed by atoms with Gasteiger partial charge in [-0.25, -0.2) is 0 Å². The van der Waals surface area contributed by atoms with Gasteiger partial charge >= 0.3 is 0 Å². The Morgan fingerprint density at radius 2 is 2.22 bits per heavy atom. The lowest BCUT2D eigenvalue weighted by Crippen LogP contribution is -2.45. The lowest BCUT2D eigenvalue weighted by molar-refractivity contribution is -0.0789. The molecule has 3 nitrogen and oxygen atoms in total. The molecular formula is C15H24N2O. The van der Waals surface area contributed by atoms with E-state index in [0.717, 1.165) is 25.9 Å². The lowest BCUT2D eigenvalue weighted by Gasteiger charge is -2.39. The zero-order chi connectivity index (χ0) is 13.0. The molecule has 0 spiro atoms. The predicted molar refractivity (Wildman–Crippen MR) is 73.5 cm³/mol. The van der Waals surface area contributed by atoms with E-state index in [2.05, 4.69) is 43.2 Å². The summed E-state index contributed by atoms with van der Waals surface area (Å²) < 4.78 is 5.88. The van der Waals surface area contributed by atoms with Crippen LogP contribution in [0.1, 0.15) is 51.6 Å². The number of hydrogen-bond donors (Lipinski definition) is 1. The normalized spacial score (nSPS) is 30.1. The third-order valence-electron chi connectivity index (χ3n) is 4.03. The summed E-state index contributed by atoms with van der Waals surface area (Å²) in [6.45, 7) is 7.51. The smallest absolute Gasteiger partial charge is 0.0666 e. The molecule has 1 aliphatic heterocycles. The molecule has 1 aromatic rings. The van der Waals surface area contributed by atoms with Gasteiger partial charge in [0.2, 0.25) is 0 Å². The van der Waals surface area contributed by atoms with Crippen molar-refractivity contribution in [1.82, 2.24) is 10.3 Å². The Labute approximate surface area is 110 Å². The van der Waals surface area contributed by atoms with Gasteiger partial charge in [-0.3, -0.25) is 4.98 Å². The zero-order valence-corrected chi connectivity index (χ0v) is 11.6. The Kier molecular flexibility index (Phi) is 4.36. The van der Waals surface area contributed by atoms with E-state index in [4.69, 9.17) is 4.74 Å². The molecule has 0 bridgehead atoms. The van der Waals surface area contributed by atoms with Gasteiger partial charge in [-0.1, -0.05) is 6.92 Å². The largest absolute Gasteiger partial charge is 0.375 e. The van der Waals surface area contributed by atoms with Gasteiger partial charge in [-0.2, -0.15) is 0 Å². The zero-order valence-electron chi connectivity index (χ0n) is 11.6. The first-order valence-electron chi connectivity index (χ1n) is 6.93. The Hall–Kier alpha value is -0.930. The monoisotopic (exact) mass is 248 g/mol. The second-order valence-electron chi connectivity index (χ2n) is 5.51. The van der Waals surface area contributed by atoms with Gasteiger partial charge < -0.3 is 10.1 Å². The van der Waals surface area contributed by atoms with Crippen molar-refractivity contribution in [2.75, 3.05) is 6.61 Å². The minimum atomic E-state index is 0.0495. The van der Waals surface area contributed by atoms with E-state index in [1.54, 1.807) is 0 Å². The maximum Gasteiger partial charge on any atom is 0.0666 e. The molecule has 100 valence electrons. The van der Waals surface area contributed by atoms with Crippen LogP contribution in [0.3, 0.4) is 0 Å². The molecule has 0 saturated carbocycles. The highest BCUT2D eigenvalue weighted by Gasteiger charge is 2.32. The summed E-state index contributed by atoms with van der Waals surface area (Å²) in [7, 11) is 0. The molecule has 3 atom stereocenters. The number of hydrogen-bond acceptors (Lipinski definition) is 3. The van der Waals surface area contributed by atoms with Crippen molar-refractivity contribution in [2.24, 2.45) is 0 Å². The standard InChI is InChI=1S/C15H24N2O/c1-4-15(3)11-14(7-10-18-15)17-12(2)13-5-8-16-9-6-13/h5-6,8-9,12,14,17H,4,7,10-11H2,1-3H3/t12-,14?,15?/m0/s1. The maximum absolute atomic E-state index is 5.88. The molecule has 2 heterocycles. The number of rotatable bonds is 4. The van der Waals surface area contributed by atoms with Crippen LogP contribution in [-0.2, 0) is 4.74 Å². The van der Waals surface area contributed by atoms with Crippen LogP contribution in [0.25, 0.3) is 0 Å². The molecule has 1 aromatic heterocycles. The van der Waals surface area contributed by atoms with Crippen molar-refractivity contribution in [2.45, 2.75) is 57.7 Å². The van der Waals surface area contributed by atoms with E-state index in [1.165, 1.54) is 5.56 Å². The van der Waals surface area contributed by atoms with Crippen LogP contribution in [0.15, 0.2) is 24.5 Å². The highest BCUT2D eigenvalue weighted by molar-refractivity contribution is 5.14. The number of ether oxygens (including phenoxy) is 1. The van der Waals surface area contributed by atoms with E-state index in [-0.39, 0.29) is 5.60 Å². The van der Waals surface area contributed by atoms with Crippen LogP contribution >= 0.6 is 0 Å². The second kappa shape index (κ2) is 5.81. The fourth-order valence-corrected chi connectivity index (χ4v) is 2.62. The molecule has 1 fully saturated rings. The average Bonchev–Trinajstić information content (AvgIpc) is 2.40. The fourth-order valence-electron chi connectivity index (χ4n) is 2.62. The summed E-state index contributed by atoms with van der Waals surface area (Å²) >= 11 is 0. The van der Waals surface area contributed by atoms with Crippen molar-refractivity contribution in [3.05, 3.63) is 30.1 Å². The first-order valence-corrected chi connectivity index (χ1v) is 6.93.